The summed E-state index contributed by atoms with van der Waals surface area (Å²) < 4.78 is 0. The Labute approximate surface area is 60.2 Å². The molecule has 0 atom stereocenters. The van der Waals surface area contributed by atoms with Crippen molar-refractivity contribution >= 4 is 0 Å². The zero-order valence-corrected chi connectivity index (χ0v) is 7.42. The molecular formula is C3H8O4Zn. The molecule has 0 heterocycles. The van der Waals surface area contributed by atoms with Gasteiger partial charge in [0.1, 0.15) is 6.10 Å². The van der Waals surface area contributed by atoms with Crippen molar-refractivity contribution in [3.63, 3.8) is 0 Å². The van der Waals surface area contributed by atoms with Crippen LogP contribution in [-0.2, 0) is 25.0 Å². The van der Waals surface area contributed by atoms with E-state index in [2.05, 4.69) is 0 Å². The summed E-state index contributed by atoms with van der Waals surface area (Å²) in [6, 6.07) is 0. The number of aliphatic hydroxyl groups is 3. The molecular weight excluding hydrogens is 165 g/mol. The van der Waals surface area contributed by atoms with E-state index in [0.29, 0.717) is 0 Å². The van der Waals surface area contributed by atoms with Crippen molar-refractivity contribution in [3.05, 3.63) is 0 Å². The van der Waals surface area contributed by atoms with Crippen molar-refractivity contribution in [2.45, 2.75) is 6.10 Å². The summed E-state index contributed by atoms with van der Waals surface area (Å²) in [5.74, 6) is 0. The predicted octanol–water partition coefficient (Wildman–Crippen LogP) is -1.79. The van der Waals surface area contributed by atoms with Gasteiger partial charge in [0.2, 0.25) is 0 Å². The second kappa shape index (κ2) is 10.4. The fourth-order valence-electron chi connectivity index (χ4n) is 0.0577. The maximum absolute atomic E-state index is 8.17. The summed E-state index contributed by atoms with van der Waals surface area (Å²) >= 11 is 0. The van der Waals surface area contributed by atoms with Crippen molar-refractivity contribution in [1.82, 2.24) is 0 Å². The molecule has 0 unspecified atom stereocenters. The molecule has 4 nitrogen and oxygen atoms in total. The third kappa shape index (κ3) is 9.68. The molecule has 0 radical (unpaired) electrons. The fourth-order valence-corrected chi connectivity index (χ4v) is 0.0577. The van der Waals surface area contributed by atoms with E-state index in [1.54, 1.807) is 0 Å². The van der Waals surface area contributed by atoms with Gasteiger partial charge in [0.15, 0.2) is 0 Å². The molecule has 0 aromatic rings. The van der Waals surface area contributed by atoms with E-state index < -0.39 is 6.10 Å². The van der Waals surface area contributed by atoms with E-state index >= 15 is 0 Å². The van der Waals surface area contributed by atoms with E-state index in [4.69, 9.17) is 15.3 Å². The molecule has 5 heteroatoms. The van der Waals surface area contributed by atoms with Crippen LogP contribution in [-0.4, -0.2) is 34.6 Å². The average Bonchev–Trinajstić information content (AvgIpc) is 1.65. The normalized spacial score (nSPS) is 7.50. The first kappa shape index (κ1) is 15.8. The van der Waals surface area contributed by atoms with Crippen molar-refractivity contribution in [2.75, 3.05) is 13.2 Å². The molecule has 0 spiro atoms. The SMILES string of the molecule is OCC(O)CO.[O-2].[Zn+2]. The molecule has 0 aromatic heterocycles. The van der Waals surface area contributed by atoms with E-state index in [0.717, 1.165) is 0 Å². The summed E-state index contributed by atoms with van der Waals surface area (Å²) in [5, 5.41) is 24.0. The largest absolute Gasteiger partial charge is 2.00 e. The van der Waals surface area contributed by atoms with Crippen LogP contribution in [0.1, 0.15) is 0 Å². The molecule has 0 aliphatic rings. The number of aliphatic hydroxyl groups excluding tert-OH is 3. The average molecular weight is 173 g/mol. The maximum atomic E-state index is 8.17. The first-order valence-corrected chi connectivity index (χ1v) is 1.71. The van der Waals surface area contributed by atoms with Gasteiger partial charge in [0.05, 0.1) is 13.2 Å². The summed E-state index contributed by atoms with van der Waals surface area (Å²) in [6.45, 7) is -0.729. The van der Waals surface area contributed by atoms with Crippen molar-refractivity contribution < 1.29 is 40.3 Å². The van der Waals surface area contributed by atoms with Gasteiger partial charge in [-0.3, -0.25) is 0 Å². The van der Waals surface area contributed by atoms with Gasteiger partial charge in [-0.25, -0.2) is 0 Å². The minimum Gasteiger partial charge on any atom is -2.00 e. The minimum atomic E-state index is -0.954. The molecule has 0 fully saturated rings. The standard InChI is InChI=1S/C3H8O3.O.Zn/c4-1-3(6)2-5;;/h3-6H,1-2H2;;/q;-2;+2. The van der Waals surface area contributed by atoms with Crippen LogP contribution in [0.3, 0.4) is 0 Å². The summed E-state index contributed by atoms with van der Waals surface area (Å²) in [6.07, 6.45) is -0.954. The molecule has 0 amide bonds. The quantitative estimate of drug-likeness (QED) is 0.431. The van der Waals surface area contributed by atoms with Gasteiger partial charge in [0.25, 0.3) is 0 Å². The molecule has 0 bridgehead atoms. The van der Waals surface area contributed by atoms with Crippen LogP contribution < -0.4 is 0 Å². The summed E-state index contributed by atoms with van der Waals surface area (Å²) in [7, 11) is 0. The van der Waals surface area contributed by atoms with Gasteiger partial charge in [-0.15, -0.1) is 0 Å². The Bertz CT molecular complexity index is 30.5. The molecule has 8 heavy (non-hydrogen) atoms. The Balaban J connectivity index is -0.000000125. The number of hydrogen-bond acceptors (Lipinski definition) is 3. The van der Waals surface area contributed by atoms with Crippen LogP contribution in [0.4, 0.5) is 0 Å². The zero-order chi connectivity index (χ0) is 4.99. The van der Waals surface area contributed by atoms with Crippen LogP contribution >= 0.6 is 0 Å². The third-order valence-electron chi connectivity index (χ3n) is 0.421. The molecule has 0 aliphatic heterocycles. The monoisotopic (exact) mass is 172 g/mol. The van der Waals surface area contributed by atoms with Gasteiger partial charge >= 0.3 is 19.5 Å². The van der Waals surface area contributed by atoms with Gasteiger partial charge in [-0.1, -0.05) is 0 Å². The van der Waals surface area contributed by atoms with Crippen LogP contribution in [0.5, 0.6) is 0 Å². The van der Waals surface area contributed by atoms with E-state index in [1.165, 1.54) is 0 Å². The molecule has 0 saturated heterocycles. The topological polar surface area (TPSA) is 89.2 Å². The molecule has 3 N–H and O–H groups in total. The third-order valence-corrected chi connectivity index (χ3v) is 0.421. The van der Waals surface area contributed by atoms with Gasteiger partial charge in [-0.2, -0.15) is 0 Å². The Morgan fingerprint density at radius 1 is 1.12 bits per heavy atom. The summed E-state index contributed by atoms with van der Waals surface area (Å²) in [5.41, 5.74) is 0. The molecule has 46 valence electrons. The van der Waals surface area contributed by atoms with Crippen LogP contribution in [0.15, 0.2) is 0 Å². The molecule has 0 rings (SSSR count). The minimum absolute atomic E-state index is 0. The Hall–Kier alpha value is 0.463. The number of rotatable bonds is 2. The van der Waals surface area contributed by atoms with Crippen LogP contribution in [0.2, 0.25) is 0 Å². The zero-order valence-electron chi connectivity index (χ0n) is 4.45. The van der Waals surface area contributed by atoms with Gasteiger partial charge in [-0.05, 0) is 0 Å². The summed E-state index contributed by atoms with van der Waals surface area (Å²) in [4.78, 5) is 0. The van der Waals surface area contributed by atoms with Crippen LogP contribution in [0, 0.1) is 0 Å². The van der Waals surface area contributed by atoms with Gasteiger partial charge < -0.3 is 20.8 Å². The molecule has 0 aromatic carbocycles. The van der Waals surface area contributed by atoms with Gasteiger partial charge in [0, 0.05) is 0 Å². The van der Waals surface area contributed by atoms with Crippen molar-refractivity contribution in [1.29, 1.82) is 0 Å². The maximum Gasteiger partial charge on any atom is 2.00 e. The predicted molar refractivity (Wildman–Crippen MR) is 20.9 cm³/mol. The second-order valence-electron chi connectivity index (χ2n) is 1.02. The first-order chi connectivity index (χ1) is 2.81. The Morgan fingerprint density at radius 2 is 1.38 bits per heavy atom. The molecule has 0 saturated carbocycles. The van der Waals surface area contributed by atoms with E-state index in [9.17, 15) is 0 Å². The van der Waals surface area contributed by atoms with E-state index in [1.807, 2.05) is 0 Å². The Kier molecular flexibility index (Phi) is 20.6. The fraction of sp³-hybridized carbons (Fsp3) is 1.00. The molecule has 0 aliphatic carbocycles. The number of hydrogen-bond donors (Lipinski definition) is 3. The van der Waals surface area contributed by atoms with Crippen molar-refractivity contribution in [2.24, 2.45) is 0 Å². The Morgan fingerprint density at radius 3 is 1.38 bits per heavy atom. The second-order valence-corrected chi connectivity index (χ2v) is 1.02. The van der Waals surface area contributed by atoms with Crippen LogP contribution in [0.25, 0.3) is 0 Å². The van der Waals surface area contributed by atoms with E-state index in [-0.39, 0.29) is 38.2 Å². The van der Waals surface area contributed by atoms with Crippen molar-refractivity contribution in [3.8, 4) is 0 Å². The first-order valence-electron chi connectivity index (χ1n) is 1.71. The smallest absolute Gasteiger partial charge is 2.00 e.